The molecule has 1 amide bonds. The Hall–Kier alpha value is -3.52. The van der Waals surface area contributed by atoms with E-state index in [1.807, 2.05) is 79.9 Å². The number of amides is 1. The molecule has 0 aliphatic heterocycles. The number of thioether (sulfide) groups is 1. The van der Waals surface area contributed by atoms with Crippen molar-refractivity contribution < 1.29 is 13.9 Å². The van der Waals surface area contributed by atoms with Gasteiger partial charge in [-0.1, -0.05) is 41.6 Å². The third-order valence-electron chi connectivity index (χ3n) is 5.08. The molecule has 4 aromatic rings. The fourth-order valence-electron chi connectivity index (χ4n) is 3.22. The smallest absolute Gasteiger partial charge is 0.234 e. The van der Waals surface area contributed by atoms with Gasteiger partial charge in [-0.25, -0.2) is 0 Å². The van der Waals surface area contributed by atoms with Gasteiger partial charge in [0.2, 0.25) is 5.91 Å². The van der Waals surface area contributed by atoms with Crippen LogP contribution in [0.15, 0.2) is 70.4 Å². The number of nitrogens with zero attached hydrogens (tertiary/aromatic N) is 3. The van der Waals surface area contributed by atoms with Crippen LogP contribution in [0.5, 0.6) is 5.75 Å². The molecule has 2 heterocycles. The largest absolute Gasteiger partial charge is 0.486 e. The standard InChI is InChI=1S/C25H26N4O3S/c1-17-7-10-20(11-8-17)32-15-23-27-28-25(29(23)14-21-5-4-12-31-21)33-16-24(30)26-22-13-18(2)6-9-19(22)3/h4-13H,14-16H2,1-3H3,(H,26,30). The zero-order valence-electron chi connectivity index (χ0n) is 18.9. The Kier molecular flexibility index (Phi) is 7.14. The van der Waals surface area contributed by atoms with E-state index in [-0.39, 0.29) is 18.3 Å². The zero-order valence-corrected chi connectivity index (χ0v) is 19.7. The lowest BCUT2D eigenvalue weighted by Gasteiger charge is -2.11. The predicted octanol–water partition coefficient (Wildman–Crippen LogP) is 5.15. The molecule has 1 N–H and O–H groups in total. The fourth-order valence-corrected chi connectivity index (χ4v) is 3.98. The van der Waals surface area contributed by atoms with Crippen molar-refractivity contribution in [3.05, 3.63) is 89.1 Å². The van der Waals surface area contributed by atoms with Gasteiger partial charge in [-0.15, -0.1) is 10.2 Å². The van der Waals surface area contributed by atoms with Gasteiger partial charge in [-0.2, -0.15) is 0 Å². The van der Waals surface area contributed by atoms with Crippen molar-refractivity contribution in [2.45, 2.75) is 39.1 Å². The van der Waals surface area contributed by atoms with Crippen molar-refractivity contribution in [2.75, 3.05) is 11.1 Å². The Balaban J connectivity index is 1.45. The maximum absolute atomic E-state index is 12.6. The second-order valence-corrected chi connectivity index (χ2v) is 8.76. The van der Waals surface area contributed by atoms with Gasteiger partial charge in [0.05, 0.1) is 18.6 Å². The number of benzene rings is 2. The maximum Gasteiger partial charge on any atom is 0.234 e. The Bertz CT molecular complexity index is 1220. The number of carbonyl (C=O) groups excluding carboxylic acids is 1. The van der Waals surface area contributed by atoms with E-state index in [0.717, 1.165) is 28.3 Å². The van der Waals surface area contributed by atoms with Gasteiger partial charge in [0.1, 0.15) is 18.1 Å². The number of hydrogen-bond donors (Lipinski definition) is 1. The van der Waals surface area contributed by atoms with Crippen molar-refractivity contribution in [3.8, 4) is 5.75 Å². The quantitative estimate of drug-likeness (QED) is 0.346. The highest BCUT2D eigenvalue weighted by molar-refractivity contribution is 7.99. The molecule has 0 spiro atoms. The first-order valence-electron chi connectivity index (χ1n) is 10.6. The summed E-state index contributed by atoms with van der Waals surface area (Å²) in [6.07, 6.45) is 1.63. The molecule has 0 fully saturated rings. The Morgan fingerprint density at radius 1 is 1.06 bits per heavy atom. The molecule has 0 unspecified atom stereocenters. The summed E-state index contributed by atoms with van der Waals surface area (Å²) in [6, 6.07) is 17.6. The molecule has 0 saturated heterocycles. The maximum atomic E-state index is 12.6. The summed E-state index contributed by atoms with van der Waals surface area (Å²) in [4.78, 5) is 12.6. The third-order valence-corrected chi connectivity index (χ3v) is 6.04. The van der Waals surface area contributed by atoms with Crippen LogP contribution in [0.1, 0.15) is 28.3 Å². The second kappa shape index (κ2) is 10.4. The highest BCUT2D eigenvalue weighted by Crippen LogP contribution is 2.22. The van der Waals surface area contributed by atoms with Gasteiger partial charge < -0.3 is 14.5 Å². The van der Waals surface area contributed by atoms with Crippen molar-refractivity contribution in [2.24, 2.45) is 0 Å². The molecule has 7 nitrogen and oxygen atoms in total. The van der Waals surface area contributed by atoms with Crippen LogP contribution in [0.2, 0.25) is 0 Å². The highest BCUT2D eigenvalue weighted by Gasteiger charge is 2.17. The van der Waals surface area contributed by atoms with Crippen LogP contribution in [-0.2, 0) is 17.9 Å². The van der Waals surface area contributed by atoms with Gasteiger partial charge in [-0.05, 0) is 62.2 Å². The minimum Gasteiger partial charge on any atom is -0.486 e. The number of rotatable bonds is 9. The molecule has 0 saturated carbocycles. The monoisotopic (exact) mass is 462 g/mol. The number of aryl methyl sites for hydroxylation is 3. The molecule has 0 aliphatic carbocycles. The number of aromatic nitrogens is 3. The molecule has 2 aromatic heterocycles. The summed E-state index contributed by atoms with van der Waals surface area (Å²) in [5.74, 6) is 2.30. The third kappa shape index (κ3) is 6.04. The summed E-state index contributed by atoms with van der Waals surface area (Å²) >= 11 is 1.33. The fraction of sp³-hybridized carbons (Fsp3) is 0.240. The lowest BCUT2D eigenvalue weighted by molar-refractivity contribution is -0.113. The van der Waals surface area contributed by atoms with Crippen LogP contribution in [-0.4, -0.2) is 26.4 Å². The minimum absolute atomic E-state index is 0.0984. The first kappa shape index (κ1) is 22.7. The average molecular weight is 463 g/mol. The van der Waals surface area contributed by atoms with Crippen molar-refractivity contribution >= 4 is 23.4 Å². The number of carbonyl (C=O) groups is 1. The normalized spacial score (nSPS) is 10.9. The second-order valence-electron chi connectivity index (χ2n) is 7.82. The molecule has 170 valence electrons. The van der Waals surface area contributed by atoms with Crippen molar-refractivity contribution in [3.63, 3.8) is 0 Å². The topological polar surface area (TPSA) is 82.2 Å². The lowest BCUT2D eigenvalue weighted by atomic mass is 10.1. The lowest BCUT2D eigenvalue weighted by Crippen LogP contribution is -2.16. The van der Waals surface area contributed by atoms with E-state index in [2.05, 4.69) is 15.5 Å². The Labute approximate surface area is 197 Å². The van der Waals surface area contributed by atoms with E-state index < -0.39 is 0 Å². The summed E-state index contributed by atoms with van der Waals surface area (Å²) in [5, 5.41) is 12.2. The summed E-state index contributed by atoms with van der Waals surface area (Å²) in [6.45, 7) is 6.72. The number of ether oxygens (including phenoxy) is 1. The van der Waals surface area contributed by atoms with Crippen LogP contribution in [0.4, 0.5) is 5.69 Å². The van der Waals surface area contributed by atoms with Gasteiger partial charge in [0.15, 0.2) is 11.0 Å². The van der Waals surface area contributed by atoms with E-state index in [0.29, 0.717) is 17.5 Å². The van der Waals surface area contributed by atoms with E-state index in [4.69, 9.17) is 9.15 Å². The number of hydrogen-bond acceptors (Lipinski definition) is 6. The van der Waals surface area contributed by atoms with Gasteiger partial charge in [-0.3, -0.25) is 9.36 Å². The van der Waals surface area contributed by atoms with Gasteiger partial charge >= 0.3 is 0 Å². The van der Waals surface area contributed by atoms with Crippen LogP contribution >= 0.6 is 11.8 Å². The van der Waals surface area contributed by atoms with Crippen LogP contribution in [0, 0.1) is 20.8 Å². The van der Waals surface area contributed by atoms with Crippen LogP contribution in [0.25, 0.3) is 0 Å². The summed E-state index contributed by atoms with van der Waals surface area (Å²) in [5.41, 5.74) is 4.11. The first-order chi connectivity index (χ1) is 16.0. The molecule has 0 bridgehead atoms. The van der Waals surface area contributed by atoms with Gasteiger partial charge in [0.25, 0.3) is 0 Å². The molecule has 0 radical (unpaired) electrons. The summed E-state index contributed by atoms with van der Waals surface area (Å²) in [7, 11) is 0. The number of furan rings is 1. The summed E-state index contributed by atoms with van der Waals surface area (Å²) < 4.78 is 13.3. The Morgan fingerprint density at radius 3 is 2.61 bits per heavy atom. The van der Waals surface area contributed by atoms with Crippen LogP contribution < -0.4 is 10.1 Å². The molecule has 4 rings (SSSR count). The van der Waals surface area contributed by atoms with Crippen molar-refractivity contribution in [1.29, 1.82) is 0 Å². The predicted molar refractivity (Wildman–Crippen MR) is 129 cm³/mol. The molecule has 8 heteroatoms. The highest BCUT2D eigenvalue weighted by atomic mass is 32.2. The molecular weight excluding hydrogens is 436 g/mol. The Morgan fingerprint density at radius 2 is 1.85 bits per heavy atom. The van der Waals surface area contributed by atoms with E-state index in [9.17, 15) is 4.79 Å². The number of anilines is 1. The van der Waals surface area contributed by atoms with Gasteiger partial charge in [0, 0.05) is 5.69 Å². The SMILES string of the molecule is Cc1ccc(OCc2nnc(SCC(=O)Nc3cc(C)ccc3C)n2Cc2ccco2)cc1. The van der Waals surface area contributed by atoms with Crippen LogP contribution in [0.3, 0.4) is 0 Å². The van der Waals surface area contributed by atoms with E-state index in [1.54, 1.807) is 6.26 Å². The molecule has 33 heavy (non-hydrogen) atoms. The van der Waals surface area contributed by atoms with Crippen molar-refractivity contribution in [1.82, 2.24) is 14.8 Å². The van der Waals surface area contributed by atoms with E-state index in [1.165, 1.54) is 17.3 Å². The molecule has 0 atom stereocenters. The molecular formula is C25H26N4O3S. The minimum atomic E-state index is -0.0984. The van der Waals surface area contributed by atoms with E-state index >= 15 is 0 Å². The molecule has 0 aliphatic rings. The first-order valence-corrected chi connectivity index (χ1v) is 11.6. The zero-order chi connectivity index (χ0) is 23.2. The molecule has 2 aromatic carbocycles. The number of nitrogens with one attached hydrogen (secondary N) is 1. The average Bonchev–Trinajstić information content (AvgIpc) is 3.45.